The fourth-order valence-corrected chi connectivity index (χ4v) is 4.17. The molecule has 0 aliphatic rings. The predicted molar refractivity (Wildman–Crippen MR) is 113 cm³/mol. The SMILES string of the molecule is Cc1nn(C)c(C)c1NS(=O)(=O)c1ccc(C(=O)NCc2ccc(C(F)(F)F)cc2)cc1. The van der Waals surface area contributed by atoms with Crippen molar-refractivity contribution in [2.24, 2.45) is 7.05 Å². The summed E-state index contributed by atoms with van der Waals surface area (Å²) in [6, 6.07) is 9.78. The van der Waals surface area contributed by atoms with Crippen molar-refractivity contribution >= 4 is 21.6 Å². The van der Waals surface area contributed by atoms with Crippen LogP contribution in [0, 0.1) is 13.8 Å². The highest BCUT2D eigenvalue weighted by Crippen LogP contribution is 2.29. The lowest BCUT2D eigenvalue weighted by atomic mass is 10.1. The molecule has 0 fully saturated rings. The number of hydrogen-bond acceptors (Lipinski definition) is 4. The first-order chi connectivity index (χ1) is 14.9. The molecule has 0 unspecified atom stereocenters. The van der Waals surface area contributed by atoms with Crippen molar-refractivity contribution in [3.05, 3.63) is 76.6 Å². The molecule has 2 N–H and O–H groups in total. The summed E-state index contributed by atoms with van der Waals surface area (Å²) >= 11 is 0. The minimum atomic E-state index is -4.42. The van der Waals surface area contributed by atoms with Crippen LogP contribution in [-0.4, -0.2) is 24.1 Å². The quantitative estimate of drug-likeness (QED) is 0.578. The summed E-state index contributed by atoms with van der Waals surface area (Å²) in [5, 5.41) is 6.76. The first-order valence-electron chi connectivity index (χ1n) is 9.46. The molecule has 1 aromatic heterocycles. The Morgan fingerprint density at radius 2 is 1.62 bits per heavy atom. The Hall–Kier alpha value is -3.34. The van der Waals surface area contributed by atoms with E-state index in [0.29, 0.717) is 22.6 Å². The van der Waals surface area contributed by atoms with Gasteiger partial charge in [-0.25, -0.2) is 8.42 Å². The minimum Gasteiger partial charge on any atom is -0.348 e. The Labute approximate surface area is 183 Å². The van der Waals surface area contributed by atoms with Gasteiger partial charge in [0.15, 0.2) is 0 Å². The monoisotopic (exact) mass is 466 g/mol. The lowest BCUT2D eigenvalue weighted by Crippen LogP contribution is -2.23. The smallest absolute Gasteiger partial charge is 0.348 e. The minimum absolute atomic E-state index is 0.0259. The standard InChI is InChI=1S/C21H21F3N4O3S/c1-13-19(14(2)28(3)26-13)27-32(30,31)18-10-6-16(7-11-18)20(29)25-12-15-4-8-17(9-5-15)21(22,23)24/h4-11,27H,12H2,1-3H3,(H,25,29). The number of aromatic nitrogens is 2. The number of benzene rings is 2. The van der Waals surface area contributed by atoms with Crippen molar-refractivity contribution in [2.45, 2.75) is 31.5 Å². The molecule has 32 heavy (non-hydrogen) atoms. The fraction of sp³-hybridized carbons (Fsp3) is 0.238. The summed E-state index contributed by atoms with van der Waals surface area (Å²) in [5.74, 6) is -0.485. The van der Waals surface area contributed by atoms with Crippen molar-refractivity contribution < 1.29 is 26.4 Å². The average Bonchev–Trinajstić information content (AvgIpc) is 2.97. The molecule has 0 aliphatic heterocycles. The topological polar surface area (TPSA) is 93.1 Å². The third kappa shape index (κ3) is 5.10. The van der Waals surface area contributed by atoms with E-state index in [9.17, 15) is 26.4 Å². The number of carbonyl (C=O) groups is 1. The molecule has 0 aliphatic carbocycles. The van der Waals surface area contributed by atoms with Crippen LogP contribution in [0.3, 0.4) is 0 Å². The maximum atomic E-state index is 12.7. The highest BCUT2D eigenvalue weighted by molar-refractivity contribution is 7.92. The molecule has 1 amide bonds. The van der Waals surface area contributed by atoms with Gasteiger partial charge in [-0.2, -0.15) is 18.3 Å². The Balaban J connectivity index is 1.66. The second-order valence-corrected chi connectivity index (χ2v) is 8.86. The molecule has 3 aromatic rings. The van der Waals surface area contributed by atoms with Crippen LogP contribution < -0.4 is 10.0 Å². The molecular weight excluding hydrogens is 445 g/mol. The van der Waals surface area contributed by atoms with Gasteiger partial charge in [0.05, 0.1) is 27.5 Å². The van der Waals surface area contributed by atoms with Crippen LogP contribution in [0.25, 0.3) is 0 Å². The summed E-state index contributed by atoms with van der Waals surface area (Å²) in [4.78, 5) is 12.3. The van der Waals surface area contributed by atoms with E-state index in [4.69, 9.17) is 0 Å². The number of anilines is 1. The normalized spacial score (nSPS) is 11.9. The first kappa shape index (κ1) is 23.3. The van der Waals surface area contributed by atoms with E-state index in [2.05, 4.69) is 15.1 Å². The lowest BCUT2D eigenvalue weighted by molar-refractivity contribution is -0.137. The molecule has 170 valence electrons. The third-order valence-electron chi connectivity index (χ3n) is 4.91. The number of alkyl halides is 3. The van der Waals surface area contributed by atoms with Gasteiger partial charge >= 0.3 is 6.18 Å². The summed E-state index contributed by atoms with van der Waals surface area (Å²) in [6.45, 7) is 3.45. The fourth-order valence-electron chi connectivity index (χ4n) is 3.00. The van der Waals surface area contributed by atoms with Gasteiger partial charge in [-0.15, -0.1) is 0 Å². The summed E-state index contributed by atoms with van der Waals surface area (Å²) in [6.07, 6.45) is -4.42. The number of carbonyl (C=O) groups excluding carboxylic acids is 1. The number of aryl methyl sites for hydroxylation is 2. The number of amides is 1. The molecule has 3 rings (SSSR count). The van der Waals surface area contributed by atoms with Crippen LogP contribution >= 0.6 is 0 Å². The summed E-state index contributed by atoms with van der Waals surface area (Å²) in [5.41, 5.74) is 1.53. The number of halogens is 3. The largest absolute Gasteiger partial charge is 0.416 e. The van der Waals surface area contributed by atoms with E-state index in [1.165, 1.54) is 36.4 Å². The number of rotatable bonds is 6. The number of nitrogens with one attached hydrogen (secondary N) is 2. The van der Waals surface area contributed by atoms with Gasteiger partial charge in [-0.3, -0.25) is 14.2 Å². The Bertz CT molecular complexity index is 1230. The average molecular weight is 466 g/mol. The van der Waals surface area contributed by atoms with E-state index in [1.54, 1.807) is 25.6 Å². The van der Waals surface area contributed by atoms with Crippen LogP contribution in [0.4, 0.5) is 18.9 Å². The number of sulfonamides is 1. The number of nitrogens with zero attached hydrogens (tertiary/aromatic N) is 2. The lowest BCUT2D eigenvalue weighted by Gasteiger charge is -2.10. The Kier molecular flexibility index (Phi) is 6.31. The van der Waals surface area contributed by atoms with Crippen LogP contribution in [0.15, 0.2) is 53.4 Å². The summed E-state index contributed by atoms with van der Waals surface area (Å²) < 4.78 is 67.3. The van der Waals surface area contributed by atoms with E-state index in [0.717, 1.165) is 12.1 Å². The molecule has 0 saturated heterocycles. The molecule has 0 saturated carbocycles. The highest BCUT2D eigenvalue weighted by atomic mass is 32.2. The molecule has 0 atom stereocenters. The zero-order chi connectivity index (χ0) is 23.7. The van der Waals surface area contributed by atoms with Gasteiger partial charge in [0.2, 0.25) is 0 Å². The predicted octanol–water partition coefficient (Wildman–Crippen LogP) is 3.79. The first-order valence-corrected chi connectivity index (χ1v) is 10.9. The van der Waals surface area contributed by atoms with Gasteiger partial charge < -0.3 is 5.32 Å². The second kappa shape index (κ2) is 8.65. The van der Waals surface area contributed by atoms with Crippen molar-refractivity contribution in [1.29, 1.82) is 0 Å². The molecule has 7 nitrogen and oxygen atoms in total. The molecule has 0 spiro atoms. The molecule has 2 aromatic carbocycles. The molecule has 11 heteroatoms. The summed E-state index contributed by atoms with van der Waals surface area (Å²) in [7, 11) is -2.18. The Morgan fingerprint density at radius 3 is 2.12 bits per heavy atom. The van der Waals surface area contributed by atoms with Crippen molar-refractivity contribution in [3.63, 3.8) is 0 Å². The van der Waals surface area contributed by atoms with Crippen molar-refractivity contribution in [1.82, 2.24) is 15.1 Å². The highest BCUT2D eigenvalue weighted by Gasteiger charge is 2.29. The van der Waals surface area contributed by atoms with E-state index in [-0.39, 0.29) is 17.0 Å². The van der Waals surface area contributed by atoms with Crippen LogP contribution in [0.5, 0.6) is 0 Å². The van der Waals surface area contributed by atoms with Crippen LogP contribution in [0.2, 0.25) is 0 Å². The maximum absolute atomic E-state index is 12.7. The van der Waals surface area contributed by atoms with Gasteiger partial charge in [0.1, 0.15) is 0 Å². The van der Waals surface area contributed by atoms with Gasteiger partial charge in [0, 0.05) is 19.2 Å². The molecule has 0 radical (unpaired) electrons. The van der Waals surface area contributed by atoms with Crippen LogP contribution in [0.1, 0.15) is 32.9 Å². The maximum Gasteiger partial charge on any atom is 0.416 e. The number of hydrogen-bond donors (Lipinski definition) is 2. The van der Waals surface area contributed by atoms with E-state index < -0.39 is 27.7 Å². The van der Waals surface area contributed by atoms with E-state index in [1.807, 2.05) is 0 Å². The van der Waals surface area contributed by atoms with Gasteiger partial charge in [0.25, 0.3) is 15.9 Å². The Morgan fingerprint density at radius 1 is 1.03 bits per heavy atom. The van der Waals surface area contributed by atoms with Gasteiger partial charge in [-0.05, 0) is 55.8 Å². The molecule has 0 bridgehead atoms. The molecule has 1 heterocycles. The van der Waals surface area contributed by atoms with Gasteiger partial charge in [-0.1, -0.05) is 12.1 Å². The van der Waals surface area contributed by atoms with Crippen molar-refractivity contribution in [2.75, 3.05) is 4.72 Å². The zero-order valence-electron chi connectivity index (χ0n) is 17.5. The van der Waals surface area contributed by atoms with E-state index >= 15 is 0 Å². The third-order valence-corrected chi connectivity index (χ3v) is 6.27. The molecular formula is C21H21F3N4O3S. The van der Waals surface area contributed by atoms with Crippen LogP contribution in [-0.2, 0) is 29.8 Å². The van der Waals surface area contributed by atoms with Crippen molar-refractivity contribution in [3.8, 4) is 0 Å². The zero-order valence-corrected chi connectivity index (χ0v) is 18.3. The second-order valence-electron chi connectivity index (χ2n) is 7.18.